The van der Waals surface area contributed by atoms with Crippen LogP contribution in [0.5, 0.6) is 0 Å². The van der Waals surface area contributed by atoms with E-state index in [0.29, 0.717) is 0 Å². The van der Waals surface area contributed by atoms with Crippen LogP contribution in [0.25, 0.3) is 0 Å². The van der Waals surface area contributed by atoms with Crippen LogP contribution >= 0.6 is 0 Å². The second-order valence-electron chi connectivity index (χ2n) is 5.95. The maximum atomic E-state index is 6.56. The molecule has 1 heteroatoms. The average molecular weight is 245 g/mol. The van der Waals surface area contributed by atoms with E-state index < -0.39 is 0 Å². The molecule has 0 aliphatic heterocycles. The summed E-state index contributed by atoms with van der Waals surface area (Å²) in [7, 11) is 0. The summed E-state index contributed by atoms with van der Waals surface area (Å²) in [5.41, 5.74) is 11.1. The highest BCUT2D eigenvalue weighted by molar-refractivity contribution is 5.36. The first-order valence-electron chi connectivity index (χ1n) is 7.56. The number of nitrogens with two attached hydrogens (primary N) is 1. The van der Waals surface area contributed by atoms with Gasteiger partial charge in [0, 0.05) is 5.54 Å². The Hall–Kier alpha value is -0.820. The molecule has 2 rings (SSSR count). The van der Waals surface area contributed by atoms with Gasteiger partial charge in [-0.2, -0.15) is 0 Å². The molecule has 1 aliphatic rings. The van der Waals surface area contributed by atoms with Crippen molar-refractivity contribution in [2.24, 2.45) is 5.73 Å². The summed E-state index contributed by atoms with van der Waals surface area (Å²) in [4.78, 5) is 0. The summed E-state index contributed by atoms with van der Waals surface area (Å²) in [5.74, 6) is 0. The zero-order valence-electron chi connectivity index (χ0n) is 12.0. The van der Waals surface area contributed by atoms with Gasteiger partial charge >= 0.3 is 0 Å². The van der Waals surface area contributed by atoms with Crippen LogP contribution in [0, 0.1) is 0 Å². The molecule has 0 spiro atoms. The maximum absolute atomic E-state index is 6.56. The number of unbranched alkanes of at least 4 members (excludes halogenated alkanes) is 1. The minimum Gasteiger partial charge on any atom is -0.325 e. The first kappa shape index (κ1) is 13.6. The average Bonchev–Trinajstić information content (AvgIpc) is 2.84. The molecule has 1 aliphatic carbocycles. The molecule has 0 radical (unpaired) electrons. The normalized spacial score (nSPS) is 17.5. The second-order valence-corrected chi connectivity index (χ2v) is 5.95. The second kappa shape index (κ2) is 5.88. The van der Waals surface area contributed by atoms with E-state index in [9.17, 15) is 0 Å². The van der Waals surface area contributed by atoms with Crippen molar-refractivity contribution in [1.29, 1.82) is 0 Å². The Morgan fingerprint density at radius 3 is 2.67 bits per heavy atom. The van der Waals surface area contributed by atoms with Gasteiger partial charge in [-0.05, 0) is 55.2 Å². The van der Waals surface area contributed by atoms with Crippen molar-refractivity contribution < 1.29 is 0 Å². The van der Waals surface area contributed by atoms with Crippen LogP contribution in [-0.4, -0.2) is 5.54 Å². The molecule has 1 aromatic carbocycles. The maximum Gasteiger partial charge on any atom is 0.0192 e. The van der Waals surface area contributed by atoms with Crippen molar-refractivity contribution in [1.82, 2.24) is 0 Å². The van der Waals surface area contributed by atoms with Crippen LogP contribution < -0.4 is 5.73 Å². The zero-order chi connectivity index (χ0) is 13.0. The number of aryl methyl sites for hydroxylation is 2. The van der Waals surface area contributed by atoms with Crippen molar-refractivity contribution in [3.63, 3.8) is 0 Å². The van der Waals surface area contributed by atoms with Gasteiger partial charge in [0.05, 0.1) is 0 Å². The smallest absolute Gasteiger partial charge is 0.0192 e. The first-order chi connectivity index (χ1) is 8.67. The van der Waals surface area contributed by atoms with E-state index in [0.717, 1.165) is 19.3 Å². The lowest BCUT2D eigenvalue weighted by atomic mass is 9.84. The molecule has 100 valence electrons. The SMILES string of the molecule is CCCCC(N)(CC)Cc1ccc2c(c1)CCC2. The van der Waals surface area contributed by atoms with Crippen molar-refractivity contribution in [3.8, 4) is 0 Å². The minimum absolute atomic E-state index is 0.00283. The van der Waals surface area contributed by atoms with Crippen LogP contribution in [0.4, 0.5) is 0 Å². The summed E-state index contributed by atoms with van der Waals surface area (Å²) in [5, 5.41) is 0. The fourth-order valence-electron chi connectivity index (χ4n) is 3.06. The van der Waals surface area contributed by atoms with Gasteiger partial charge in [-0.15, -0.1) is 0 Å². The zero-order valence-corrected chi connectivity index (χ0v) is 12.0. The molecule has 2 N–H and O–H groups in total. The summed E-state index contributed by atoms with van der Waals surface area (Å²) in [6.45, 7) is 4.47. The third-order valence-electron chi connectivity index (χ3n) is 4.45. The summed E-state index contributed by atoms with van der Waals surface area (Å²) >= 11 is 0. The number of hydrogen-bond acceptors (Lipinski definition) is 1. The molecule has 0 saturated carbocycles. The van der Waals surface area contributed by atoms with E-state index in [1.165, 1.54) is 37.7 Å². The van der Waals surface area contributed by atoms with Crippen LogP contribution in [0.1, 0.15) is 62.6 Å². The fourth-order valence-corrected chi connectivity index (χ4v) is 3.06. The Kier molecular flexibility index (Phi) is 4.45. The summed E-state index contributed by atoms with van der Waals surface area (Å²) in [6.07, 6.45) is 9.61. The third-order valence-corrected chi connectivity index (χ3v) is 4.45. The molecule has 0 saturated heterocycles. The van der Waals surface area contributed by atoms with Gasteiger partial charge in [-0.1, -0.05) is 44.9 Å². The predicted molar refractivity (Wildman–Crippen MR) is 78.9 cm³/mol. The van der Waals surface area contributed by atoms with Crippen LogP contribution in [-0.2, 0) is 19.3 Å². The molecular weight excluding hydrogens is 218 g/mol. The monoisotopic (exact) mass is 245 g/mol. The van der Waals surface area contributed by atoms with E-state index in [4.69, 9.17) is 5.73 Å². The number of fused-ring (bicyclic) bond motifs is 1. The van der Waals surface area contributed by atoms with E-state index in [1.54, 1.807) is 11.1 Å². The lowest BCUT2D eigenvalue weighted by molar-refractivity contribution is 0.365. The Bertz CT molecular complexity index is 397. The van der Waals surface area contributed by atoms with Gasteiger partial charge in [-0.3, -0.25) is 0 Å². The first-order valence-corrected chi connectivity index (χ1v) is 7.56. The number of benzene rings is 1. The predicted octanol–water partition coefficient (Wildman–Crippen LogP) is 4.02. The highest BCUT2D eigenvalue weighted by Crippen LogP contribution is 2.26. The largest absolute Gasteiger partial charge is 0.325 e. The van der Waals surface area contributed by atoms with E-state index in [-0.39, 0.29) is 5.54 Å². The highest BCUT2D eigenvalue weighted by atomic mass is 14.7. The summed E-state index contributed by atoms with van der Waals surface area (Å²) in [6, 6.07) is 7.03. The molecule has 1 unspecified atom stereocenters. The van der Waals surface area contributed by atoms with E-state index in [2.05, 4.69) is 32.0 Å². The summed E-state index contributed by atoms with van der Waals surface area (Å²) < 4.78 is 0. The fraction of sp³-hybridized carbons (Fsp3) is 0.647. The van der Waals surface area contributed by atoms with Crippen molar-refractivity contribution >= 4 is 0 Å². The van der Waals surface area contributed by atoms with Crippen molar-refractivity contribution in [2.75, 3.05) is 0 Å². The van der Waals surface area contributed by atoms with Gasteiger partial charge in [-0.25, -0.2) is 0 Å². The highest BCUT2D eigenvalue weighted by Gasteiger charge is 2.23. The molecular formula is C17H27N. The molecule has 1 atom stereocenters. The lowest BCUT2D eigenvalue weighted by Crippen LogP contribution is -2.41. The molecule has 0 amide bonds. The molecule has 0 aromatic heterocycles. The molecule has 0 fully saturated rings. The standard InChI is InChI=1S/C17H27N/c1-3-5-11-17(18,4-2)13-14-9-10-15-7-6-8-16(15)12-14/h9-10,12H,3-8,11,13,18H2,1-2H3. The Morgan fingerprint density at radius 2 is 1.94 bits per heavy atom. The van der Waals surface area contributed by atoms with Crippen molar-refractivity contribution in [2.45, 2.75) is 70.8 Å². The quantitative estimate of drug-likeness (QED) is 0.805. The van der Waals surface area contributed by atoms with Gasteiger partial charge in [0.1, 0.15) is 0 Å². The van der Waals surface area contributed by atoms with Crippen LogP contribution in [0.15, 0.2) is 18.2 Å². The minimum atomic E-state index is 0.00283. The van der Waals surface area contributed by atoms with Gasteiger partial charge < -0.3 is 5.73 Å². The number of rotatable bonds is 6. The lowest BCUT2D eigenvalue weighted by Gasteiger charge is -2.28. The van der Waals surface area contributed by atoms with Gasteiger partial charge in [0.2, 0.25) is 0 Å². The molecule has 0 heterocycles. The van der Waals surface area contributed by atoms with Crippen molar-refractivity contribution in [3.05, 3.63) is 34.9 Å². The molecule has 18 heavy (non-hydrogen) atoms. The van der Waals surface area contributed by atoms with E-state index in [1.807, 2.05) is 0 Å². The molecule has 1 aromatic rings. The van der Waals surface area contributed by atoms with Crippen LogP contribution in [0.2, 0.25) is 0 Å². The molecule has 0 bridgehead atoms. The van der Waals surface area contributed by atoms with Gasteiger partial charge in [0.15, 0.2) is 0 Å². The molecule has 1 nitrogen and oxygen atoms in total. The number of hydrogen-bond donors (Lipinski definition) is 1. The van der Waals surface area contributed by atoms with Crippen LogP contribution in [0.3, 0.4) is 0 Å². The Balaban J connectivity index is 2.07. The third kappa shape index (κ3) is 3.14. The topological polar surface area (TPSA) is 26.0 Å². The Morgan fingerprint density at radius 1 is 1.17 bits per heavy atom. The van der Waals surface area contributed by atoms with E-state index >= 15 is 0 Å². The van der Waals surface area contributed by atoms with Gasteiger partial charge in [0.25, 0.3) is 0 Å². The Labute approximate surface area is 112 Å².